The minimum atomic E-state index is -1.02. The lowest BCUT2D eigenvalue weighted by Crippen LogP contribution is -2.47. The van der Waals surface area contributed by atoms with Crippen molar-refractivity contribution < 1.29 is 23.4 Å². The van der Waals surface area contributed by atoms with E-state index in [1.165, 1.54) is 41.2 Å². The smallest absolute Gasteiger partial charge is 0.332 e. The highest BCUT2D eigenvalue weighted by Crippen LogP contribution is 2.34. The third kappa shape index (κ3) is 6.01. The number of likely N-dealkylation sites (tertiary alicyclic amines) is 1. The average Bonchev–Trinajstić information content (AvgIpc) is 3.78. The Labute approximate surface area is 252 Å². The zero-order chi connectivity index (χ0) is 30.7. The van der Waals surface area contributed by atoms with Gasteiger partial charge in [0.05, 0.1) is 19.0 Å². The van der Waals surface area contributed by atoms with Gasteiger partial charge in [0, 0.05) is 56.9 Å². The van der Waals surface area contributed by atoms with Gasteiger partial charge in [0.2, 0.25) is 5.91 Å². The van der Waals surface area contributed by atoms with Gasteiger partial charge in [-0.2, -0.15) is 5.10 Å². The Morgan fingerprint density at radius 2 is 1.93 bits per heavy atom. The minimum Gasteiger partial charge on any atom is -0.496 e. The Morgan fingerprint density at radius 1 is 1.16 bits per heavy atom. The van der Waals surface area contributed by atoms with Crippen LogP contribution in [-0.2, 0) is 20.8 Å². The van der Waals surface area contributed by atoms with E-state index in [1.807, 2.05) is 0 Å². The maximum Gasteiger partial charge on any atom is 0.332 e. The summed E-state index contributed by atoms with van der Waals surface area (Å²) < 4.78 is 35.6. The molecule has 5 rings (SSSR count). The number of thiophene rings is 1. The highest BCUT2D eigenvalue weighted by Gasteiger charge is 2.31. The number of hydrogen-bond acceptors (Lipinski definition) is 8. The molecule has 4 aromatic rings. The molecule has 1 fully saturated rings. The predicted molar refractivity (Wildman–Crippen MR) is 161 cm³/mol. The average molecular weight is 614 g/mol. The van der Waals surface area contributed by atoms with Crippen molar-refractivity contribution in [3.8, 4) is 10.8 Å². The van der Waals surface area contributed by atoms with Crippen molar-refractivity contribution in [1.82, 2.24) is 23.8 Å². The lowest BCUT2D eigenvalue weighted by molar-refractivity contribution is -0.133. The van der Waals surface area contributed by atoms with Gasteiger partial charge in [-0.25, -0.2) is 18.4 Å². The predicted octanol–water partition coefficient (Wildman–Crippen LogP) is 3.84. The molecule has 11 nitrogen and oxygen atoms in total. The molecular weight excluding hydrogens is 577 g/mol. The topological polar surface area (TPSA) is 110 Å². The molecule has 0 unspecified atom stereocenters. The number of hydrogen-bond donors (Lipinski definition) is 0. The van der Waals surface area contributed by atoms with Crippen LogP contribution in [-0.4, -0.2) is 70.2 Å². The zero-order valence-corrected chi connectivity index (χ0v) is 25.6. The summed E-state index contributed by atoms with van der Waals surface area (Å²) in [7, 11) is 3.07. The lowest BCUT2D eigenvalue weighted by Gasteiger charge is -2.25. The second kappa shape index (κ2) is 13.2. The number of halogens is 1. The van der Waals surface area contributed by atoms with Gasteiger partial charge in [-0.1, -0.05) is 11.3 Å². The summed E-state index contributed by atoms with van der Waals surface area (Å²) in [6.45, 7) is 5.22. The lowest BCUT2D eigenvalue weighted by atomic mass is 10.1. The first-order valence-corrected chi connectivity index (χ1v) is 15.1. The van der Waals surface area contributed by atoms with Crippen LogP contribution in [0.15, 0.2) is 46.2 Å². The number of aryl methyl sites for hydroxylation is 1. The molecule has 0 bridgehead atoms. The Balaban J connectivity index is 1.70. The van der Waals surface area contributed by atoms with Crippen LogP contribution in [0.3, 0.4) is 0 Å². The van der Waals surface area contributed by atoms with Crippen molar-refractivity contribution in [2.24, 2.45) is 0 Å². The highest BCUT2D eigenvalue weighted by atomic mass is 32.1. The molecule has 0 aliphatic carbocycles. The van der Waals surface area contributed by atoms with E-state index in [4.69, 9.17) is 14.2 Å². The number of methoxy groups -OCH3 is 2. The van der Waals surface area contributed by atoms with Crippen LogP contribution in [0.1, 0.15) is 49.5 Å². The number of ether oxygens (including phenoxy) is 3. The Hall–Kier alpha value is -3.81. The molecule has 3 aromatic heterocycles. The fraction of sp³-hybridized carbons (Fsp3) is 0.467. The molecule has 2 atom stereocenters. The second-order valence-corrected chi connectivity index (χ2v) is 11.5. The van der Waals surface area contributed by atoms with Crippen LogP contribution in [0.4, 0.5) is 4.39 Å². The first-order valence-electron chi connectivity index (χ1n) is 14.3. The maximum absolute atomic E-state index is 14.5. The molecule has 1 aliphatic rings. The molecule has 0 radical (unpaired) electrons. The van der Waals surface area contributed by atoms with E-state index in [2.05, 4.69) is 5.10 Å². The van der Waals surface area contributed by atoms with E-state index in [-0.39, 0.29) is 19.1 Å². The number of benzene rings is 1. The third-order valence-electron chi connectivity index (χ3n) is 7.79. The van der Waals surface area contributed by atoms with Crippen molar-refractivity contribution in [2.75, 3.05) is 40.5 Å². The molecule has 1 amide bonds. The third-order valence-corrected chi connectivity index (χ3v) is 9.10. The number of aromatic nitrogens is 4. The summed E-state index contributed by atoms with van der Waals surface area (Å²) in [4.78, 5) is 43.9. The fourth-order valence-corrected chi connectivity index (χ4v) is 6.81. The van der Waals surface area contributed by atoms with Crippen LogP contribution in [0.2, 0.25) is 0 Å². The Bertz CT molecular complexity index is 1710. The molecule has 4 heterocycles. The van der Waals surface area contributed by atoms with Gasteiger partial charge in [-0.15, -0.1) is 0 Å². The van der Waals surface area contributed by atoms with Crippen molar-refractivity contribution in [3.05, 3.63) is 74.4 Å². The largest absolute Gasteiger partial charge is 0.496 e. The van der Waals surface area contributed by atoms with E-state index < -0.39 is 29.2 Å². The van der Waals surface area contributed by atoms with Crippen LogP contribution >= 0.6 is 11.3 Å². The number of carbonyl (C=O) groups is 1. The van der Waals surface area contributed by atoms with E-state index in [0.717, 1.165) is 17.4 Å². The molecule has 43 heavy (non-hydrogen) atoms. The number of fused-ring (bicyclic) bond motifs is 1. The van der Waals surface area contributed by atoms with Crippen LogP contribution in [0.25, 0.3) is 15.2 Å². The maximum atomic E-state index is 14.5. The highest BCUT2D eigenvalue weighted by molar-refractivity contribution is 7.21. The normalized spacial score (nSPS) is 14.9. The summed E-state index contributed by atoms with van der Waals surface area (Å²) in [5.74, 6) is -0.364. The summed E-state index contributed by atoms with van der Waals surface area (Å²) in [6.07, 6.45) is 4.89. The summed E-state index contributed by atoms with van der Waals surface area (Å²) >= 11 is 1.25. The number of rotatable bonds is 12. The first kappa shape index (κ1) is 30.6. The molecule has 1 aliphatic heterocycles. The van der Waals surface area contributed by atoms with Gasteiger partial charge in [0.25, 0.3) is 5.56 Å². The number of amides is 1. The van der Waals surface area contributed by atoms with Crippen LogP contribution in [0, 0.1) is 12.7 Å². The van der Waals surface area contributed by atoms with Crippen LogP contribution in [0.5, 0.6) is 5.75 Å². The standard InChI is InChI=1S/C30H36FN5O6S/c1-19-25-27(38)36(20(2)26(37)33-12-5-6-13-33)30(39)34(29(25)43-28(19)35-14-7-11-32-35)18-24(42-16-8-15-40-3)22-17-21(31)9-10-23(22)41-4/h7,9-11,14,17,20,24H,5-6,8,12-13,15-16,18H2,1-4H3/t20-,24+/m1/s1. The quantitative estimate of drug-likeness (QED) is 0.223. The molecule has 0 N–H and O–H groups in total. The Kier molecular flexibility index (Phi) is 9.43. The van der Waals surface area contributed by atoms with Crippen LogP contribution < -0.4 is 16.0 Å². The van der Waals surface area contributed by atoms with Crippen molar-refractivity contribution in [3.63, 3.8) is 0 Å². The molecule has 1 aromatic carbocycles. The number of nitrogens with zero attached hydrogens (tertiary/aromatic N) is 5. The summed E-state index contributed by atoms with van der Waals surface area (Å²) in [5, 5.41) is 5.33. The fourth-order valence-electron chi connectivity index (χ4n) is 5.57. The van der Waals surface area contributed by atoms with Crippen molar-refractivity contribution in [2.45, 2.75) is 51.8 Å². The van der Waals surface area contributed by atoms with Gasteiger partial charge < -0.3 is 19.1 Å². The van der Waals surface area contributed by atoms with E-state index >= 15 is 0 Å². The molecular formula is C30H36FN5O6S. The minimum absolute atomic E-state index is 0.0640. The zero-order valence-electron chi connectivity index (χ0n) is 24.7. The number of carbonyl (C=O) groups excluding carboxylic acids is 1. The monoisotopic (exact) mass is 613 g/mol. The molecule has 0 spiro atoms. The summed E-state index contributed by atoms with van der Waals surface area (Å²) in [6, 6.07) is 4.88. The van der Waals surface area contributed by atoms with Gasteiger partial charge in [0.1, 0.15) is 33.5 Å². The van der Waals surface area contributed by atoms with E-state index in [0.29, 0.717) is 58.2 Å². The van der Waals surface area contributed by atoms with E-state index in [1.54, 1.807) is 49.0 Å². The molecule has 230 valence electrons. The molecule has 13 heteroatoms. The van der Waals surface area contributed by atoms with Gasteiger partial charge >= 0.3 is 5.69 Å². The SMILES string of the molecule is COCCCO[C@@H](Cn1c(=O)n([C@H](C)C(=O)N2CCCC2)c(=O)c2c(C)c(-n3cccn3)sc21)c1cc(F)ccc1OC. The molecule has 0 saturated carbocycles. The Morgan fingerprint density at radius 3 is 2.60 bits per heavy atom. The van der Waals surface area contributed by atoms with Crippen molar-refractivity contribution >= 4 is 27.5 Å². The second-order valence-electron chi connectivity index (χ2n) is 10.5. The summed E-state index contributed by atoms with van der Waals surface area (Å²) in [5.41, 5.74) is -0.131. The van der Waals surface area contributed by atoms with Gasteiger partial charge in [0.15, 0.2) is 0 Å². The van der Waals surface area contributed by atoms with Gasteiger partial charge in [-0.05, 0) is 57.4 Å². The van der Waals surface area contributed by atoms with Gasteiger partial charge in [-0.3, -0.25) is 14.2 Å². The molecule has 1 saturated heterocycles. The van der Waals surface area contributed by atoms with E-state index in [9.17, 15) is 18.8 Å². The van der Waals surface area contributed by atoms with Crippen molar-refractivity contribution in [1.29, 1.82) is 0 Å². The first-order chi connectivity index (χ1) is 20.8.